The average Bonchev–Trinajstić information content (AvgIpc) is 2.84. The smallest absolute Gasteiger partial charge is 0.0931 e. The van der Waals surface area contributed by atoms with Crippen LogP contribution in [0.4, 0.5) is 0 Å². The molecule has 2 heterocycles. The van der Waals surface area contributed by atoms with Crippen molar-refractivity contribution in [3.8, 4) is 0 Å². The van der Waals surface area contributed by atoms with Crippen LogP contribution in [-0.2, 0) is 6.42 Å². The van der Waals surface area contributed by atoms with Gasteiger partial charge in [-0.25, -0.2) is 0 Å². The predicted molar refractivity (Wildman–Crippen MR) is 68.9 cm³/mol. The summed E-state index contributed by atoms with van der Waals surface area (Å²) in [5, 5.41) is 4.27. The molecule has 15 heavy (non-hydrogen) atoms. The van der Waals surface area contributed by atoms with Crippen LogP contribution in [0.5, 0.6) is 0 Å². The fourth-order valence-corrected chi connectivity index (χ4v) is 3.23. The van der Waals surface area contributed by atoms with E-state index in [1.807, 2.05) is 12.1 Å². The largest absolute Gasteiger partial charge is 0.323 e. The first-order chi connectivity index (χ1) is 7.25. The quantitative estimate of drug-likeness (QED) is 0.877. The minimum atomic E-state index is 0.113. The highest BCUT2D eigenvalue weighted by atomic mass is 35.5. The van der Waals surface area contributed by atoms with E-state index in [2.05, 4.69) is 16.8 Å². The number of nitrogens with two attached hydrogens (primary N) is 1. The lowest BCUT2D eigenvalue weighted by Crippen LogP contribution is -2.09. The second kappa shape index (κ2) is 5.12. The van der Waals surface area contributed by atoms with Crippen molar-refractivity contribution in [3.63, 3.8) is 0 Å². The van der Waals surface area contributed by atoms with Gasteiger partial charge in [0.05, 0.1) is 4.34 Å². The van der Waals surface area contributed by atoms with Crippen LogP contribution < -0.4 is 5.73 Å². The highest BCUT2D eigenvalue weighted by Crippen LogP contribution is 2.28. The van der Waals surface area contributed by atoms with Gasteiger partial charge >= 0.3 is 0 Å². The van der Waals surface area contributed by atoms with Crippen molar-refractivity contribution in [1.29, 1.82) is 0 Å². The molecule has 0 fully saturated rings. The molecule has 0 saturated carbocycles. The molecule has 80 valence electrons. The van der Waals surface area contributed by atoms with Gasteiger partial charge in [0.15, 0.2) is 0 Å². The van der Waals surface area contributed by atoms with Crippen molar-refractivity contribution in [2.24, 2.45) is 5.73 Å². The van der Waals surface area contributed by atoms with Crippen LogP contribution in [0.25, 0.3) is 0 Å². The van der Waals surface area contributed by atoms with Gasteiger partial charge in [-0.2, -0.15) is 11.3 Å². The monoisotopic (exact) mass is 257 g/mol. The molecule has 0 amide bonds. The highest BCUT2D eigenvalue weighted by molar-refractivity contribution is 7.16. The summed E-state index contributed by atoms with van der Waals surface area (Å²) in [7, 11) is 0. The third-order valence-electron chi connectivity index (χ3n) is 2.28. The Kier molecular flexibility index (Phi) is 3.81. The Morgan fingerprint density at radius 1 is 1.33 bits per heavy atom. The van der Waals surface area contributed by atoms with Crippen LogP contribution in [0, 0.1) is 0 Å². The molecule has 1 nitrogen and oxygen atoms in total. The Bertz CT molecular complexity index is 408. The molecule has 1 unspecified atom stereocenters. The number of aryl methyl sites for hydroxylation is 1. The molecule has 0 aliphatic rings. The van der Waals surface area contributed by atoms with E-state index >= 15 is 0 Å². The third-order valence-corrected chi connectivity index (χ3v) is 4.38. The number of hydrogen-bond acceptors (Lipinski definition) is 3. The lowest BCUT2D eigenvalue weighted by atomic mass is 10.1. The Labute approximate surface area is 103 Å². The standard InChI is InChI=1S/C11H12ClNS2/c12-11-4-3-10(15-11)9(13)2-1-8-5-6-14-7-8/h3-7,9H,1-2,13H2. The van der Waals surface area contributed by atoms with Gasteiger partial charge in [0.2, 0.25) is 0 Å². The molecule has 2 rings (SSSR count). The molecule has 0 aromatic carbocycles. The number of rotatable bonds is 4. The van der Waals surface area contributed by atoms with E-state index in [1.54, 1.807) is 22.7 Å². The summed E-state index contributed by atoms with van der Waals surface area (Å²) in [6, 6.07) is 6.19. The Morgan fingerprint density at radius 3 is 2.80 bits per heavy atom. The first-order valence-corrected chi connectivity index (χ1v) is 6.91. The third kappa shape index (κ3) is 3.05. The van der Waals surface area contributed by atoms with Crippen molar-refractivity contribution >= 4 is 34.3 Å². The molecule has 4 heteroatoms. The summed E-state index contributed by atoms with van der Waals surface area (Å²) < 4.78 is 0.816. The zero-order valence-corrected chi connectivity index (χ0v) is 10.5. The van der Waals surface area contributed by atoms with Gasteiger partial charge in [0, 0.05) is 10.9 Å². The van der Waals surface area contributed by atoms with Crippen molar-refractivity contribution < 1.29 is 0 Å². The van der Waals surface area contributed by atoms with Gasteiger partial charge in [-0.05, 0) is 47.4 Å². The molecule has 0 radical (unpaired) electrons. The maximum Gasteiger partial charge on any atom is 0.0931 e. The zero-order valence-electron chi connectivity index (χ0n) is 8.15. The molecule has 2 N–H and O–H groups in total. The molecule has 0 bridgehead atoms. The molecule has 2 aromatic rings. The molecule has 0 spiro atoms. The molecule has 1 atom stereocenters. The normalized spacial score (nSPS) is 12.9. The van der Waals surface area contributed by atoms with E-state index < -0.39 is 0 Å². The van der Waals surface area contributed by atoms with Gasteiger partial charge in [-0.3, -0.25) is 0 Å². The Balaban J connectivity index is 1.90. The maximum absolute atomic E-state index is 6.08. The van der Waals surface area contributed by atoms with E-state index in [9.17, 15) is 0 Å². The minimum Gasteiger partial charge on any atom is -0.323 e. The summed E-state index contributed by atoms with van der Waals surface area (Å²) in [5.74, 6) is 0. The lowest BCUT2D eigenvalue weighted by molar-refractivity contribution is 0.663. The summed E-state index contributed by atoms with van der Waals surface area (Å²) in [6.07, 6.45) is 2.02. The van der Waals surface area contributed by atoms with Crippen molar-refractivity contribution in [2.75, 3.05) is 0 Å². The van der Waals surface area contributed by atoms with E-state index in [-0.39, 0.29) is 6.04 Å². The predicted octanol–water partition coefficient (Wildman–Crippen LogP) is 4.10. The lowest BCUT2D eigenvalue weighted by Gasteiger charge is -2.07. The maximum atomic E-state index is 6.08. The van der Waals surface area contributed by atoms with E-state index in [0.717, 1.165) is 17.2 Å². The topological polar surface area (TPSA) is 26.0 Å². The van der Waals surface area contributed by atoms with Crippen LogP contribution in [0.15, 0.2) is 29.0 Å². The first-order valence-electron chi connectivity index (χ1n) is 4.77. The molecular formula is C11H12ClNS2. The van der Waals surface area contributed by atoms with Gasteiger partial charge in [-0.15, -0.1) is 11.3 Å². The summed E-state index contributed by atoms with van der Waals surface area (Å²) in [4.78, 5) is 1.18. The van der Waals surface area contributed by atoms with Gasteiger partial charge in [0.1, 0.15) is 0 Å². The Hall–Kier alpha value is -0.350. The summed E-state index contributed by atoms with van der Waals surface area (Å²) in [5.41, 5.74) is 7.45. The summed E-state index contributed by atoms with van der Waals surface area (Å²) >= 11 is 9.18. The van der Waals surface area contributed by atoms with Crippen LogP contribution in [0.2, 0.25) is 4.34 Å². The molecule has 0 aliphatic heterocycles. The van der Waals surface area contributed by atoms with Crippen molar-refractivity contribution in [2.45, 2.75) is 18.9 Å². The van der Waals surface area contributed by atoms with Gasteiger partial charge in [0.25, 0.3) is 0 Å². The first kappa shape index (κ1) is 11.1. The van der Waals surface area contributed by atoms with Gasteiger partial charge < -0.3 is 5.73 Å². The van der Waals surface area contributed by atoms with Gasteiger partial charge in [-0.1, -0.05) is 11.6 Å². The summed E-state index contributed by atoms with van der Waals surface area (Å²) in [6.45, 7) is 0. The van der Waals surface area contributed by atoms with E-state index in [0.29, 0.717) is 0 Å². The van der Waals surface area contributed by atoms with Crippen molar-refractivity contribution in [1.82, 2.24) is 0 Å². The number of thiophene rings is 2. The molecule has 0 aliphatic carbocycles. The zero-order chi connectivity index (χ0) is 10.7. The number of halogens is 1. The fourth-order valence-electron chi connectivity index (χ4n) is 1.43. The highest BCUT2D eigenvalue weighted by Gasteiger charge is 2.08. The average molecular weight is 258 g/mol. The SMILES string of the molecule is NC(CCc1ccsc1)c1ccc(Cl)s1. The Morgan fingerprint density at radius 2 is 2.20 bits per heavy atom. The van der Waals surface area contributed by atoms with E-state index in [4.69, 9.17) is 17.3 Å². The number of hydrogen-bond donors (Lipinski definition) is 1. The van der Waals surface area contributed by atoms with Crippen LogP contribution >= 0.6 is 34.3 Å². The minimum absolute atomic E-state index is 0.113. The fraction of sp³-hybridized carbons (Fsp3) is 0.273. The second-order valence-corrected chi connectivity index (χ2v) is 5.95. The van der Waals surface area contributed by atoms with Crippen LogP contribution in [-0.4, -0.2) is 0 Å². The van der Waals surface area contributed by atoms with Crippen LogP contribution in [0.3, 0.4) is 0 Å². The molecular weight excluding hydrogens is 246 g/mol. The van der Waals surface area contributed by atoms with Crippen molar-refractivity contribution in [3.05, 3.63) is 43.7 Å². The molecule has 0 saturated heterocycles. The second-order valence-electron chi connectivity index (χ2n) is 3.42. The van der Waals surface area contributed by atoms with E-state index in [1.165, 1.54) is 10.4 Å². The molecule has 2 aromatic heterocycles. The van der Waals surface area contributed by atoms with Crippen LogP contribution in [0.1, 0.15) is 22.9 Å².